The van der Waals surface area contributed by atoms with Gasteiger partial charge in [0.25, 0.3) is 5.91 Å². The molecule has 4 fully saturated rings. The van der Waals surface area contributed by atoms with Gasteiger partial charge in [-0.1, -0.05) is 17.7 Å². The Morgan fingerprint density at radius 1 is 1.18 bits per heavy atom. The van der Waals surface area contributed by atoms with Crippen LogP contribution in [0.4, 0.5) is 17.6 Å². The number of piperidine rings is 1. The molecule has 7 nitrogen and oxygen atoms in total. The summed E-state index contributed by atoms with van der Waals surface area (Å²) in [6.07, 6.45) is -0.105. The third-order valence-electron chi connectivity index (χ3n) is 6.27. The Morgan fingerprint density at radius 3 is 2.50 bits per heavy atom. The first-order chi connectivity index (χ1) is 15.9. The molecule has 1 saturated heterocycles. The normalized spacial score (nSPS) is 30.3. The fraction of sp³-hybridized carbons (Fsp3) is 0.545. The SMILES string of the molecule is O=C(/C=C/C1CCC(OC(F)(F)F)CN1)NC12CC(NC(=O)COc3ccc(Cl)c(F)c3)(C1)C2. The van der Waals surface area contributed by atoms with E-state index in [-0.39, 0.29) is 59.3 Å². The minimum absolute atomic E-state index is 0.0352. The summed E-state index contributed by atoms with van der Waals surface area (Å²) in [5, 5.41) is 8.74. The predicted molar refractivity (Wildman–Crippen MR) is 114 cm³/mol. The molecule has 2 atom stereocenters. The van der Waals surface area contributed by atoms with Crippen LogP contribution in [-0.4, -0.2) is 54.6 Å². The van der Waals surface area contributed by atoms with Crippen LogP contribution in [0.1, 0.15) is 32.1 Å². The van der Waals surface area contributed by atoms with Gasteiger partial charge in [0, 0.05) is 35.8 Å². The van der Waals surface area contributed by atoms with Crippen molar-refractivity contribution in [1.82, 2.24) is 16.0 Å². The summed E-state index contributed by atoms with van der Waals surface area (Å²) >= 11 is 5.61. The van der Waals surface area contributed by atoms with E-state index >= 15 is 0 Å². The Balaban J connectivity index is 1.13. The van der Waals surface area contributed by atoms with E-state index in [1.165, 1.54) is 18.2 Å². The summed E-state index contributed by atoms with van der Waals surface area (Å²) in [6, 6.07) is 3.71. The van der Waals surface area contributed by atoms with Gasteiger partial charge in [-0.3, -0.25) is 14.3 Å². The summed E-state index contributed by atoms with van der Waals surface area (Å²) in [5.74, 6) is -1.07. The summed E-state index contributed by atoms with van der Waals surface area (Å²) in [4.78, 5) is 24.4. The van der Waals surface area contributed by atoms with Crippen LogP contribution in [0.25, 0.3) is 0 Å². The van der Waals surface area contributed by atoms with Crippen LogP contribution in [0.3, 0.4) is 0 Å². The predicted octanol–water partition coefficient (Wildman–Crippen LogP) is 2.98. The van der Waals surface area contributed by atoms with Crippen molar-refractivity contribution in [1.29, 1.82) is 0 Å². The number of carbonyl (C=O) groups is 2. The lowest BCUT2D eigenvalue weighted by Crippen LogP contribution is -2.83. The molecule has 2 bridgehead atoms. The number of carbonyl (C=O) groups excluding carboxylic acids is 2. The highest BCUT2D eigenvalue weighted by atomic mass is 35.5. The van der Waals surface area contributed by atoms with E-state index in [1.54, 1.807) is 6.08 Å². The van der Waals surface area contributed by atoms with Crippen LogP contribution in [0, 0.1) is 5.82 Å². The second-order valence-electron chi connectivity index (χ2n) is 9.13. The van der Waals surface area contributed by atoms with Gasteiger partial charge in [0.15, 0.2) is 6.61 Å². The smallest absolute Gasteiger partial charge is 0.484 e. The van der Waals surface area contributed by atoms with Crippen LogP contribution >= 0.6 is 11.6 Å². The third-order valence-corrected chi connectivity index (χ3v) is 6.58. The van der Waals surface area contributed by atoms with Crippen molar-refractivity contribution in [2.75, 3.05) is 13.2 Å². The molecule has 5 rings (SSSR count). The summed E-state index contributed by atoms with van der Waals surface area (Å²) in [7, 11) is 0. The largest absolute Gasteiger partial charge is 0.522 e. The Hall–Kier alpha value is -2.37. The molecule has 186 valence electrons. The molecule has 3 saturated carbocycles. The van der Waals surface area contributed by atoms with Gasteiger partial charge in [0.1, 0.15) is 11.6 Å². The molecule has 1 aromatic rings. The van der Waals surface area contributed by atoms with Crippen molar-refractivity contribution >= 4 is 23.4 Å². The molecule has 1 heterocycles. The minimum Gasteiger partial charge on any atom is -0.484 e. The average molecular weight is 506 g/mol. The Morgan fingerprint density at radius 2 is 1.88 bits per heavy atom. The standard InChI is InChI=1S/C22H24ClF4N3O4/c23-16-5-4-14(7-17(16)24)33-9-19(32)30-21-10-20(11-21,12-21)29-18(31)6-2-13-1-3-15(8-28-13)34-22(25,26)27/h2,4-7,13,15,28H,1,3,8-12H2,(H,29,31)(H,30,32)/b6-2+. The van der Waals surface area contributed by atoms with Crippen LogP contribution in [-0.2, 0) is 14.3 Å². The Kier molecular flexibility index (Phi) is 6.80. The maximum atomic E-state index is 13.4. The van der Waals surface area contributed by atoms with Gasteiger partial charge in [-0.05, 0) is 44.2 Å². The van der Waals surface area contributed by atoms with Crippen LogP contribution in [0.15, 0.2) is 30.4 Å². The van der Waals surface area contributed by atoms with Crippen molar-refractivity contribution < 1.29 is 36.6 Å². The molecule has 4 aliphatic rings. The second kappa shape index (κ2) is 9.35. The lowest BCUT2D eigenvalue weighted by molar-refractivity contribution is -0.343. The maximum absolute atomic E-state index is 13.4. The molecule has 2 amide bonds. The highest BCUT2D eigenvalue weighted by Crippen LogP contribution is 2.60. The number of amides is 2. The zero-order valence-corrected chi connectivity index (χ0v) is 18.8. The zero-order chi connectivity index (χ0) is 24.6. The maximum Gasteiger partial charge on any atom is 0.522 e. The van der Waals surface area contributed by atoms with Gasteiger partial charge in [-0.2, -0.15) is 0 Å². The average Bonchev–Trinajstić information content (AvgIpc) is 2.70. The van der Waals surface area contributed by atoms with E-state index in [1.807, 2.05) is 0 Å². The van der Waals surface area contributed by atoms with E-state index < -0.39 is 18.3 Å². The molecule has 0 aromatic heterocycles. The summed E-state index contributed by atoms with van der Waals surface area (Å²) in [6.45, 7) is -0.215. The van der Waals surface area contributed by atoms with E-state index in [2.05, 4.69) is 20.7 Å². The highest BCUT2D eigenvalue weighted by Gasteiger charge is 2.69. The van der Waals surface area contributed by atoms with Crippen LogP contribution in [0.5, 0.6) is 5.75 Å². The summed E-state index contributed by atoms with van der Waals surface area (Å²) in [5.41, 5.74) is -0.735. The number of hydrogen-bond donors (Lipinski definition) is 3. The number of rotatable bonds is 8. The van der Waals surface area contributed by atoms with Crippen LogP contribution < -0.4 is 20.7 Å². The van der Waals surface area contributed by atoms with Crippen molar-refractivity contribution in [3.63, 3.8) is 0 Å². The van der Waals surface area contributed by atoms with Gasteiger partial charge in [-0.15, -0.1) is 13.2 Å². The fourth-order valence-corrected chi connectivity index (χ4v) is 5.03. The topological polar surface area (TPSA) is 88.7 Å². The first-order valence-corrected chi connectivity index (χ1v) is 11.2. The van der Waals surface area contributed by atoms with E-state index in [4.69, 9.17) is 16.3 Å². The number of hydrogen-bond acceptors (Lipinski definition) is 5. The second-order valence-corrected chi connectivity index (χ2v) is 9.54. The number of benzene rings is 1. The molecular weight excluding hydrogens is 482 g/mol. The van der Waals surface area contributed by atoms with Gasteiger partial charge < -0.3 is 20.7 Å². The molecular formula is C22H24ClF4N3O4. The van der Waals surface area contributed by atoms with E-state index in [0.717, 1.165) is 6.07 Å². The molecule has 1 aliphatic heterocycles. The Labute approximate surface area is 198 Å². The van der Waals surface area contributed by atoms with E-state index in [9.17, 15) is 27.2 Å². The lowest BCUT2D eigenvalue weighted by atomic mass is 9.44. The molecule has 1 aromatic carbocycles. The molecule has 0 spiro atoms. The summed E-state index contributed by atoms with van der Waals surface area (Å²) < 4.78 is 59.5. The zero-order valence-electron chi connectivity index (χ0n) is 18.0. The van der Waals surface area contributed by atoms with Gasteiger partial charge >= 0.3 is 6.36 Å². The number of halogens is 5. The monoisotopic (exact) mass is 505 g/mol. The number of ether oxygens (including phenoxy) is 2. The van der Waals surface area contributed by atoms with Gasteiger partial charge in [-0.25, -0.2) is 4.39 Å². The molecule has 2 unspecified atom stereocenters. The first kappa shape index (κ1) is 24.7. The molecule has 34 heavy (non-hydrogen) atoms. The molecule has 0 radical (unpaired) electrons. The van der Waals surface area contributed by atoms with Gasteiger partial charge in [0.2, 0.25) is 5.91 Å². The van der Waals surface area contributed by atoms with Crippen molar-refractivity contribution in [3.05, 3.63) is 41.2 Å². The molecule has 3 N–H and O–H groups in total. The number of alkyl halides is 3. The Bertz CT molecular complexity index is 960. The van der Waals surface area contributed by atoms with Crippen LogP contribution in [0.2, 0.25) is 5.02 Å². The minimum atomic E-state index is -4.66. The van der Waals surface area contributed by atoms with Crippen molar-refractivity contribution in [2.45, 2.75) is 61.7 Å². The lowest BCUT2D eigenvalue weighted by Gasteiger charge is -2.70. The number of nitrogens with one attached hydrogen (secondary N) is 3. The molecule has 3 aliphatic carbocycles. The molecule has 12 heteroatoms. The first-order valence-electron chi connectivity index (χ1n) is 10.8. The van der Waals surface area contributed by atoms with Gasteiger partial charge in [0.05, 0.1) is 11.1 Å². The fourth-order valence-electron chi connectivity index (χ4n) is 4.91. The van der Waals surface area contributed by atoms with Crippen molar-refractivity contribution in [3.8, 4) is 5.75 Å². The third kappa shape index (κ3) is 6.00. The quantitative estimate of drug-likeness (QED) is 0.373. The van der Waals surface area contributed by atoms with Crippen molar-refractivity contribution in [2.24, 2.45) is 0 Å². The highest BCUT2D eigenvalue weighted by molar-refractivity contribution is 6.30. The van der Waals surface area contributed by atoms with E-state index in [0.29, 0.717) is 25.7 Å².